The van der Waals surface area contributed by atoms with Gasteiger partial charge in [0.05, 0.1) is 15.8 Å². The zero-order chi connectivity index (χ0) is 8.97. The summed E-state index contributed by atoms with van der Waals surface area (Å²) < 4.78 is 0.662. The Morgan fingerprint density at radius 1 is 1.67 bits per heavy atom. The SMILES string of the molecule is CCNCC(=O)c1ccc(Cl)s1. The summed E-state index contributed by atoms with van der Waals surface area (Å²) in [4.78, 5) is 12.0. The van der Waals surface area contributed by atoms with E-state index in [1.807, 2.05) is 6.92 Å². The maximum atomic E-state index is 11.3. The van der Waals surface area contributed by atoms with E-state index in [-0.39, 0.29) is 5.78 Å². The van der Waals surface area contributed by atoms with Crippen LogP contribution >= 0.6 is 22.9 Å². The number of likely N-dealkylation sites (N-methyl/N-ethyl adjacent to an activating group) is 1. The van der Waals surface area contributed by atoms with Crippen molar-refractivity contribution in [2.75, 3.05) is 13.1 Å². The summed E-state index contributed by atoms with van der Waals surface area (Å²) in [6, 6.07) is 3.50. The molecule has 0 aliphatic heterocycles. The van der Waals surface area contributed by atoms with Crippen LogP contribution < -0.4 is 5.32 Å². The highest BCUT2D eigenvalue weighted by molar-refractivity contribution is 7.18. The van der Waals surface area contributed by atoms with E-state index >= 15 is 0 Å². The van der Waals surface area contributed by atoms with Gasteiger partial charge in [-0.3, -0.25) is 4.79 Å². The summed E-state index contributed by atoms with van der Waals surface area (Å²) in [6.45, 7) is 3.17. The number of carbonyl (C=O) groups excluding carboxylic acids is 1. The molecule has 1 heterocycles. The van der Waals surface area contributed by atoms with Gasteiger partial charge in [0.25, 0.3) is 0 Å². The van der Waals surface area contributed by atoms with Gasteiger partial charge in [-0.05, 0) is 18.7 Å². The summed E-state index contributed by atoms with van der Waals surface area (Å²) in [5.74, 6) is 0.105. The molecule has 0 spiro atoms. The van der Waals surface area contributed by atoms with Crippen molar-refractivity contribution in [1.29, 1.82) is 0 Å². The summed E-state index contributed by atoms with van der Waals surface area (Å²) in [5.41, 5.74) is 0. The molecule has 1 aromatic heterocycles. The van der Waals surface area contributed by atoms with Crippen LogP contribution in [0, 0.1) is 0 Å². The molecule has 0 saturated carbocycles. The van der Waals surface area contributed by atoms with Crippen molar-refractivity contribution in [3.63, 3.8) is 0 Å². The van der Waals surface area contributed by atoms with Crippen molar-refractivity contribution in [3.8, 4) is 0 Å². The molecular weight excluding hydrogens is 194 g/mol. The van der Waals surface area contributed by atoms with Gasteiger partial charge in [-0.15, -0.1) is 11.3 Å². The Labute approximate surface area is 80.5 Å². The molecular formula is C8H10ClNOS. The molecule has 1 rings (SSSR count). The Bertz CT molecular complexity index is 272. The second-order valence-electron chi connectivity index (χ2n) is 2.31. The lowest BCUT2D eigenvalue weighted by Gasteiger charge is -1.96. The predicted octanol–water partition coefficient (Wildman–Crippen LogP) is 2.19. The normalized spacial score (nSPS) is 10.2. The van der Waals surface area contributed by atoms with Crippen LogP contribution in [0.4, 0.5) is 0 Å². The molecule has 0 radical (unpaired) electrons. The molecule has 2 nitrogen and oxygen atoms in total. The number of thiophene rings is 1. The first-order valence-corrected chi connectivity index (χ1v) is 4.92. The van der Waals surface area contributed by atoms with Crippen molar-refractivity contribution in [1.82, 2.24) is 5.32 Å². The van der Waals surface area contributed by atoms with E-state index in [9.17, 15) is 4.79 Å². The molecule has 66 valence electrons. The van der Waals surface area contributed by atoms with Gasteiger partial charge < -0.3 is 5.32 Å². The smallest absolute Gasteiger partial charge is 0.186 e. The summed E-state index contributed by atoms with van der Waals surface area (Å²) in [7, 11) is 0. The van der Waals surface area contributed by atoms with Crippen LogP contribution in [0.5, 0.6) is 0 Å². The van der Waals surface area contributed by atoms with Gasteiger partial charge in [0.1, 0.15) is 0 Å². The van der Waals surface area contributed by atoms with Crippen molar-refractivity contribution < 1.29 is 4.79 Å². The quantitative estimate of drug-likeness (QED) is 0.761. The molecule has 0 aromatic carbocycles. The first kappa shape index (κ1) is 9.71. The third kappa shape index (κ3) is 2.59. The molecule has 0 fully saturated rings. The van der Waals surface area contributed by atoms with E-state index in [0.717, 1.165) is 11.4 Å². The largest absolute Gasteiger partial charge is 0.310 e. The van der Waals surface area contributed by atoms with Gasteiger partial charge in [-0.25, -0.2) is 0 Å². The summed E-state index contributed by atoms with van der Waals surface area (Å²) in [5, 5.41) is 2.97. The predicted molar refractivity (Wildman–Crippen MR) is 52.2 cm³/mol. The number of carbonyl (C=O) groups is 1. The number of hydrogen-bond acceptors (Lipinski definition) is 3. The van der Waals surface area contributed by atoms with Crippen LogP contribution in [-0.2, 0) is 0 Å². The Morgan fingerprint density at radius 2 is 2.42 bits per heavy atom. The first-order chi connectivity index (χ1) is 5.74. The van der Waals surface area contributed by atoms with Crippen molar-refractivity contribution in [3.05, 3.63) is 21.3 Å². The lowest BCUT2D eigenvalue weighted by atomic mass is 10.3. The Balaban J connectivity index is 2.53. The highest BCUT2D eigenvalue weighted by Crippen LogP contribution is 2.21. The van der Waals surface area contributed by atoms with Crippen molar-refractivity contribution >= 4 is 28.7 Å². The minimum absolute atomic E-state index is 0.105. The van der Waals surface area contributed by atoms with E-state index in [2.05, 4.69) is 5.32 Å². The first-order valence-electron chi connectivity index (χ1n) is 3.73. The average molecular weight is 204 g/mol. The monoisotopic (exact) mass is 203 g/mol. The van der Waals surface area contributed by atoms with Crippen LogP contribution in [0.3, 0.4) is 0 Å². The van der Waals surface area contributed by atoms with Gasteiger partial charge in [-0.2, -0.15) is 0 Å². The Hall–Kier alpha value is -0.380. The molecule has 0 amide bonds. The van der Waals surface area contributed by atoms with Crippen LogP contribution in [-0.4, -0.2) is 18.9 Å². The summed E-state index contributed by atoms with van der Waals surface area (Å²) in [6.07, 6.45) is 0. The van der Waals surface area contributed by atoms with E-state index in [4.69, 9.17) is 11.6 Å². The number of ketones is 1. The Kier molecular flexibility index (Phi) is 3.72. The lowest BCUT2D eigenvalue weighted by Crippen LogP contribution is -2.21. The van der Waals surface area contributed by atoms with Crippen molar-refractivity contribution in [2.24, 2.45) is 0 Å². The fourth-order valence-corrected chi connectivity index (χ4v) is 1.77. The van der Waals surface area contributed by atoms with Crippen molar-refractivity contribution in [2.45, 2.75) is 6.92 Å². The Morgan fingerprint density at radius 3 is 2.92 bits per heavy atom. The van der Waals surface area contributed by atoms with Crippen LogP contribution in [0.2, 0.25) is 4.34 Å². The van der Waals surface area contributed by atoms with E-state index < -0.39 is 0 Å². The van der Waals surface area contributed by atoms with E-state index in [1.165, 1.54) is 11.3 Å². The minimum atomic E-state index is 0.105. The topological polar surface area (TPSA) is 29.1 Å². The van der Waals surface area contributed by atoms with E-state index in [0.29, 0.717) is 10.9 Å². The molecule has 12 heavy (non-hydrogen) atoms. The molecule has 1 aromatic rings. The maximum Gasteiger partial charge on any atom is 0.186 e. The molecule has 0 unspecified atom stereocenters. The number of Topliss-reactive ketones (excluding diaryl/α,β-unsaturated/α-hetero) is 1. The second kappa shape index (κ2) is 4.60. The lowest BCUT2D eigenvalue weighted by molar-refractivity contribution is 0.0995. The minimum Gasteiger partial charge on any atom is -0.310 e. The fourth-order valence-electron chi connectivity index (χ4n) is 0.790. The number of nitrogens with one attached hydrogen (secondary N) is 1. The van der Waals surface area contributed by atoms with Gasteiger partial charge in [-0.1, -0.05) is 18.5 Å². The molecule has 4 heteroatoms. The number of halogens is 1. The molecule has 0 saturated heterocycles. The van der Waals surface area contributed by atoms with Gasteiger partial charge >= 0.3 is 0 Å². The van der Waals surface area contributed by atoms with Crippen LogP contribution in [0.1, 0.15) is 16.6 Å². The molecule has 0 aliphatic rings. The van der Waals surface area contributed by atoms with Gasteiger partial charge in [0.15, 0.2) is 5.78 Å². The highest BCUT2D eigenvalue weighted by Gasteiger charge is 2.06. The zero-order valence-electron chi connectivity index (χ0n) is 6.76. The second-order valence-corrected chi connectivity index (χ2v) is 4.02. The maximum absolute atomic E-state index is 11.3. The summed E-state index contributed by atoms with van der Waals surface area (Å²) >= 11 is 7.01. The zero-order valence-corrected chi connectivity index (χ0v) is 8.34. The third-order valence-corrected chi connectivity index (χ3v) is 2.66. The third-order valence-electron chi connectivity index (χ3n) is 1.38. The fraction of sp³-hybridized carbons (Fsp3) is 0.375. The number of hydrogen-bond donors (Lipinski definition) is 1. The van der Waals surface area contributed by atoms with Gasteiger partial charge in [0.2, 0.25) is 0 Å². The standard InChI is InChI=1S/C8H10ClNOS/c1-2-10-5-6(11)7-3-4-8(9)12-7/h3-4,10H,2,5H2,1H3. The molecule has 0 atom stereocenters. The number of rotatable bonds is 4. The molecule has 1 N–H and O–H groups in total. The van der Waals surface area contributed by atoms with E-state index in [1.54, 1.807) is 12.1 Å². The molecule has 0 aliphatic carbocycles. The molecule has 0 bridgehead atoms. The van der Waals surface area contributed by atoms with Gasteiger partial charge in [0, 0.05) is 0 Å². The highest BCUT2D eigenvalue weighted by atomic mass is 35.5. The van der Waals surface area contributed by atoms with Crippen LogP contribution in [0.25, 0.3) is 0 Å². The van der Waals surface area contributed by atoms with Crippen LogP contribution in [0.15, 0.2) is 12.1 Å². The average Bonchev–Trinajstić information content (AvgIpc) is 2.47.